The van der Waals surface area contributed by atoms with E-state index in [1.165, 1.54) is 11.1 Å². The van der Waals surface area contributed by atoms with Gasteiger partial charge in [-0.25, -0.2) is 0 Å². The predicted molar refractivity (Wildman–Crippen MR) is 104 cm³/mol. The normalized spacial score (nSPS) is 31.6. The Balaban J connectivity index is 2.45. The minimum Gasteiger partial charge on any atom is -0.109 e. The molecule has 0 saturated carbocycles. The Kier molecular flexibility index (Phi) is 4.32. The second-order valence-electron chi connectivity index (χ2n) is 9.53. The Labute approximate surface area is 152 Å². The fourth-order valence-electron chi connectivity index (χ4n) is 3.07. The van der Waals surface area contributed by atoms with Gasteiger partial charge in [-0.3, -0.25) is 0 Å². The molecule has 2 heteroatoms. The summed E-state index contributed by atoms with van der Waals surface area (Å²) in [5.41, 5.74) is 2.34. The van der Waals surface area contributed by atoms with Crippen molar-refractivity contribution in [1.82, 2.24) is 0 Å². The van der Waals surface area contributed by atoms with Gasteiger partial charge in [-0.1, -0.05) is 91.8 Å². The van der Waals surface area contributed by atoms with Crippen LogP contribution in [0.1, 0.15) is 55.4 Å². The van der Waals surface area contributed by atoms with Gasteiger partial charge in [0.05, 0.1) is 9.75 Å². The summed E-state index contributed by atoms with van der Waals surface area (Å²) in [6.45, 7) is 17.6. The molecule has 2 aliphatic rings. The first kappa shape index (κ1) is 18.9. The molecule has 2 rings (SSSR count). The molecule has 0 aromatic carbocycles. The van der Waals surface area contributed by atoms with Crippen molar-refractivity contribution >= 4 is 23.2 Å². The Hall–Kier alpha value is -0.460. The number of alkyl halides is 2. The number of rotatable bonds is 2. The molecule has 0 saturated heterocycles. The van der Waals surface area contributed by atoms with Gasteiger partial charge >= 0.3 is 0 Å². The van der Waals surface area contributed by atoms with Crippen molar-refractivity contribution in [2.45, 2.75) is 65.1 Å². The summed E-state index contributed by atoms with van der Waals surface area (Å²) in [5, 5.41) is 0. The third kappa shape index (κ3) is 3.10. The van der Waals surface area contributed by atoms with E-state index in [2.05, 4.69) is 91.8 Å². The average Bonchev–Trinajstić information content (AvgIpc) is 2.94. The van der Waals surface area contributed by atoms with Crippen LogP contribution < -0.4 is 0 Å². The third-order valence-corrected chi connectivity index (χ3v) is 6.80. The van der Waals surface area contributed by atoms with E-state index in [9.17, 15) is 0 Å². The van der Waals surface area contributed by atoms with Crippen LogP contribution in [0.3, 0.4) is 0 Å². The molecule has 0 aromatic rings. The summed E-state index contributed by atoms with van der Waals surface area (Å²) in [7, 11) is 0. The molecule has 2 atom stereocenters. The van der Waals surface area contributed by atoms with Gasteiger partial charge in [0.2, 0.25) is 0 Å². The van der Waals surface area contributed by atoms with Crippen LogP contribution in [-0.4, -0.2) is 9.75 Å². The Bertz CT molecular complexity index is 563. The number of hydrogen-bond acceptors (Lipinski definition) is 0. The zero-order valence-corrected chi connectivity index (χ0v) is 17.2. The first-order valence-corrected chi connectivity index (χ1v) is 9.11. The van der Waals surface area contributed by atoms with Crippen LogP contribution in [0.5, 0.6) is 0 Å². The van der Waals surface area contributed by atoms with Crippen LogP contribution in [0.4, 0.5) is 0 Å². The number of allylic oxidation sites excluding steroid dienone is 8. The lowest BCUT2D eigenvalue weighted by atomic mass is 9.68. The van der Waals surface area contributed by atoms with E-state index >= 15 is 0 Å². The predicted octanol–water partition coefficient (Wildman–Crippen LogP) is 7.05. The molecule has 128 valence electrons. The highest BCUT2D eigenvalue weighted by Crippen LogP contribution is 2.57. The van der Waals surface area contributed by atoms with Crippen molar-refractivity contribution in [3.63, 3.8) is 0 Å². The fourth-order valence-corrected chi connectivity index (χ4v) is 3.79. The molecule has 0 N–H and O–H groups in total. The van der Waals surface area contributed by atoms with E-state index in [0.717, 1.165) is 0 Å². The molecule has 0 aliphatic heterocycles. The molecule has 0 aromatic heterocycles. The molecule has 0 bridgehead atoms. The molecule has 23 heavy (non-hydrogen) atoms. The second-order valence-corrected chi connectivity index (χ2v) is 10.8. The van der Waals surface area contributed by atoms with Gasteiger partial charge in [-0.2, -0.15) is 0 Å². The molecule has 0 radical (unpaired) electrons. The highest BCUT2D eigenvalue weighted by Gasteiger charge is 2.55. The highest BCUT2D eigenvalue weighted by atomic mass is 35.5. The maximum absolute atomic E-state index is 7.08. The van der Waals surface area contributed by atoms with Crippen molar-refractivity contribution < 1.29 is 0 Å². The zero-order valence-electron chi connectivity index (χ0n) is 15.7. The van der Waals surface area contributed by atoms with Crippen LogP contribution in [-0.2, 0) is 0 Å². The monoisotopic (exact) mass is 352 g/mol. The van der Waals surface area contributed by atoms with E-state index in [4.69, 9.17) is 23.2 Å². The zero-order chi connectivity index (χ0) is 17.9. The van der Waals surface area contributed by atoms with Gasteiger partial charge in [0.15, 0.2) is 0 Å². The highest BCUT2D eigenvalue weighted by molar-refractivity contribution is 6.32. The van der Waals surface area contributed by atoms with E-state index in [-0.39, 0.29) is 16.2 Å². The molecule has 0 fully saturated rings. The summed E-state index contributed by atoms with van der Waals surface area (Å²) in [6.07, 6.45) is 12.9. The van der Waals surface area contributed by atoms with Gasteiger partial charge in [0.25, 0.3) is 0 Å². The van der Waals surface area contributed by atoms with Gasteiger partial charge in [0, 0.05) is 5.41 Å². The van der Waals surface area contributed by atoms with Crippen molar-refractivity contribution in [2.24, 2.45) is 16.2 Å². The van der Waals surface area contributed by atoms with Gasteiger partial charge in [0.1, 0.15) is 0 Å². The Morgan fingerprint density at radius 2 is 0.957 bits per heavy atom. The van der Waals surface area contributed by atoms with Crippen LogP contribution in [0.25, 0.3) is 0 Å². The van der Waals surface area contributed by atoms with E-state index in [1.54, 1.807) is 0 Å². The van der Waals surface area contributed by atoms with E-state index in [0.29, 0.717) is 0 Å². The van der Waals surface area contributed by atoms with E-state index in [1.807, 2.05) is 0 Å². The van der Waals surface area contributed by atoms with Crippen molar-refractivity contribution in [3.05, 3.63) is 47.6 Å². The molecule has 0 amide bonds. The van der Waals surface area contributed by atoms with Gasteiger partial charge in [-0.15, -0.1) is 23.2 Å². The smallest absolute Gasteiger partial charge is 0.0888 e. The number of hydrogen-bond donors (Lipinski definition) is 0. The summed E-state index contributed by atoms with van der Waals surface area (Å²) >= 11 is 14.2. The summed E-state index contributed by atoms with van der Waals surface area (Å²) in [6, 6.07) is 0. The largest absolute Gasteiger partial charge is 0.109 e. The first-order valence-electron chi connectivity index (χ1n) is 8.35. The third-order valence-electron chi connectivity index (χ3n) is 5.39. The minimum atomic E-state index is -0.592. The fraction of sp³-hybridized carbons (Fsp3) is 0.619. The number of halogens is 2. The SMILES string of the molecule is CC(C)(C)C1=CC(Cl)(C(C)(C)C2(Cl)C=CC(C(C)(C)C)=C2)C=C1. The first-order chi connectivity index (χ1) is 10.1. The lowest BCUT2D eigenvalue weighted by Gasteiger charge is -2.46. The average molecular weight is 353 g/mol. The van der Waals surface area contributed by atoms with Gasteiger partial charge < -0.3 is 0 Å². The Morgan fingerprint density at radius 1 is 0.652 bits per heavy atom. The van der Waals surface area contributed by atoms with Crippen molar-refractivity contribution in [1.29, 1.82) is 0 Å². The molecular formula is C21H30Cl2. The standard InChI is InChI=1S/C21H30Cl2/c1-17(2,3)15-9-11-20(22,13-15)19(7,8)21(23)12-10-16(14-21)18(4,5)6/h9-14H,1-8H3. The van der Waals surface area contributed by atoms with Crippen LogP contribution >= 0.6 is 23.2 Å². The molecular weight excluding hydrogens is 323 g/mol. The second kappa shape index (κ2) is 5.27. The summed E-state index contributed by atoms with van der Waals surface area (Å²) < 4.78 is 0. The lowest BCUT2D eigenvalue weighted by molar-refractivity contribution is 0.290. The molecule has 0 heterocycles. The topological polar surface area (TPSA) is 0 Å². The molecule has 0 nitrogen and oxygen atoms in total. The van der Waals surface area contributed by atoms with Crippen molar-refractivity contribution in [3.8, 4) is 0 Å². The van der Waals surface area contributed by atoms with Crippen LogP contribution in [0.2, 0.25) is 0 Å². The Morgan fingerprint density at radius 3 is 1.17 bits per heavy atom. The lowest BCUT2D eigenvalue weighted by Crippen LogP contribution is -2.48. The minimum absolute atomic E-state index is 0.0839. The molecule has 2 unspecified atom stereocenters. The summed E-state index contributed by atoms with van der Waals surface area (Å²) in [4.78, 5) is -1.18. The molecule has 0 spiro atoms. The van der Waals surface area contributed by atoms with Crippen molar-refractivity contribution in [2.75, 3.05) is 0 Å². The quantitative estimate of drug-likeness (QED) is 0.467. The summed E-state index contributed by atoms with van der Waals surface area (Å²) in [5.74, 6) is 0. The van der Waals surface area contributed by atoms with E-state index < -0.39 is 9.75 Å². The van der Waals surface area contributed by atoms with Gasteiger partial charge in [-0.05, 0) is 22.0 Å². The maximum Gasteiger partial charge on any atom is 0.0888 e. The molecule has 2 aliphatic carbocycles. The van der Waals surface area contributed by atoms with Crippen LogP contribution in [0, 0.1) is 16.2 Å². The van der Waals surface area contributed by atoms with Crippen LogP contribution in [0.15, 0.2) is 47.6 Å². The maximum atomic E-state index is 7.08.